The van der Waals surface area contributed by atoms with E-state index in [2.05, 4.69) is 20.5 Å². The first kappa shape index (κ1) is 23.3. The van der Waals surface area contributed by atoms with Crippen molar-refractivity contribution in [2.75, 3.05) is 41.7 Å². The third-order valence-corrected chi connectivity index (χ3v) is 6.18. The highest BCUT2D eigenvalue weighted by Gasteiger charge is 2.21. The fourth-order valence-electron chi connectivity index (χ4n) is 3.99. The van der Waals surface area contributed by atoms with E-state index in [1.807, 2.05) is 80.3 Å². The Kier molecular flexibility index (Phi) is 7.11. The fraction of sp³-hybridized carbons (Fsp3) is 0.296. The second-order valence-electron chi connectivity index (χ2n) is 8.78. The molecule has 1 aromatic heterocycles. The fourth-order valence-corrected chi connectivity index (χ4v) is 3.99. The van der Waals surface area contributed by atoms with Gasteiger partial charge in [0.05, 0.1) is 11.9 Å². The highest BCUT2D eigenvalue weighted by molar-refractivity contribution is 5.99. The van der Waals surface area contributed by atoms with Gasteiger partial charge in [0, 0.05) is 37.4 Å². The van der Waals surface area contributed by atoms with Crippen molar-refractivity contribution in [2.45, 2.75) is 27.2 Å². The Morgan fingerprint density at radius 3 is 2.24 bits per heavy atom. The zero-order valence-electron chi connectivity index (χ0n) is 20.0. The molecule has 0 bridgehead atoms. The minimum atomic E-state index is -0.308. The predicted molar refractivity (Wildman–Crippen MR) is 137 cm³/mol. The van der Waals surface area contributed by atoms with Crippen LogP contribution in [0, 0.1) is 20.8 Å². The summed E-state index contributed by atoms with van der Waals surface area (Å²) in [5, 5.41) is 5.68. The Morgan fingerprint density at radius 2 is 1.53 bits per heavy atom. The van der Waals surface area contributed by atoms with Crippen LogP contribution < -0.4 is 15.5 Å². The molecule has 2 heterocycles. The Bertz CT molecular complexity index is 1160. The second-order valence-corrected chi connectivity index (χ2v) is 8.78. The normalized spacial score (nSPS) is 13.9. The maximum Gasteiger partial charge on any atom is 0.323 e. The molecule has 3 amide bonds. The Morgan fingerprint density at radius 1 is 0.794 bits per heavy atom. The summed E-state index contributed by atoms with van der Waals surface area (Å²) in [5.41, 5.74) is 5.55. The summed E-state index contributed by atoms with van der Waals surface area (Å²) >= 11 is 0. The molecule has 0 radical (unpaired) electrons. The Labute approximate surface area is 200 Å². The van der Waals surface area contributed by atoms with Crippen molar-refractivity contribution in [3.05, 3.63) is 83.0 Å². The molecule has 1 aliphatic heterocycles. The molecule has 0 saturated carbocycles. The van der Waals surface area contributed by atoms with E-state index in [4.69, 9.17) is 0 Å². The van der Waals surface area contributed by atoms with Gasteiger partial charge in [-0.1, -0.05) is 23.8 Å². The van der Waals surface area contributed by atoms with Crippen LogP contribution in [0.3, 0.4) is 0 Å². The van der Waals surface area contributed by atoms with E-state index in [1.165, 1.54) is 5.56 Å². The molecule has 3 aromatic rings. The maximum atomic E-state index is 12.9. The van der Waals surface area contributed by atoms with Gasteiger partial charge >= 0.3 is 6.03 Å². The van der Waals surface area contributed by atoms with Crippen LogP contribution in [0.1, 0.15) is 33.5 Å². The summed E-state index contributed by atoms with van der Waals surface area (Å²) in [6.07, 6.45) is 2.53. The van der Waals surface area contributed by atoms with E-state index < -0.39 is 0 Å². The molecule has 2 aromatic carbocycles. The van der Waals surface area contributed by atoms with Crippen LogP contribution >= 0.6 is 0 Å². The molecule has 0 atom stereocenters. The zero-order chi connectivity index (χ0) is 24.1. The average molecular weight is 458 g/mol. The molecule has 2 N–H and O–H groups in total. The van der Waals surface area contributed by atoms with E-state index in [0.29, 0.717) is 18.8 Å². The molecule has 0 spiro atoms. The summed E-state index contributed by atoms with van der Waals surface area (Å²) in [4.78, 5) is 33.9. The smallest absolute Gasteiger partial charge is 0.323 e. The third kappa shape index (κ3) is 5.73. The van der Waals surface area contributed by atoms with Gasteiger partial charge in [-0.2, -0.15) is 0 Å². The number of rotatable bonds is 4. The summed E-state index contributed by atoms with van der Waals surface area (Å²) in [7, 11) is 0. The molecular formula is C27H31N5O2. The van der Waals surface area contributed by atoms with Gasteiger partial charge in [0.2, 0.25) is 0 Å². The first-order chi connectivity index (χ1) is 16.4. The van der Waals surface area contributed by atoms with Crippen LogP contribution in [0.25, 0.3) is 0 Å². The number of nitrogens with zero attached hydrogens (tertiary/aromatic N) is 3. The zero-order valence-corrected chi connectivity index (χ0v) is 20.0. The van der Waals surface area contributed by atoms with Crippen LogP contribution in [-0.4, -0.2) is 48.0 Å². The molecule has 34 heavy (non-hydrogen) atoms. The van der Waals surface area contributed by atoms with Gasteiger partial charge in [-0.15, -0.1) is 0 Å². The molecule has 4 rings (SSSR count). The minimum Gasteiger partial charge on any atom is -0.355 e. The van der Waals surface area contributed by atoms with Crippen LogP contribution in [0.2, 0.25) is 0 Å². The number of nitrogens with one attached hydrogen (secondary N) is 2. The molecule has 1 fully saturated rings. The van der Waals surface area contributed by atoms with Crippen molar-refractivity contribution in [1.82, 2.24) is 9.88 Å². The summed E-state index contributed by atoms with van der Waals surface area (Å²) < 4.78 is 0. The van der Waals surface area contributed by atoms with E-state index >= 15 is 0 Å². The first-order valence-electron chi connectivity index (χ1n) is 11.6. The average Bonchev–Trinajstić information content (AvgIpc) is 3.08. The van der Waals surface area contributed by atoms with Gasteiger partial charge in [-0.05, 0) is 74.7 Å². The van der Waals surface area contributed by atoms with Gasteiger partial charge in [-0.3, -0.25) is 4.79 Å². The lowest BCUT2D eigenvalue weighted by Crippen LogP contribution is -2.35. The van der Waals surface area contributed by atoms with E-state index in [0.717, 1.165) is 47.7 Å². The summed E-state index contributed by atoms with van der Waals surface area (Å²) in [6, 6.07) is 17.0. The highest BCUT2D eigenvalue weighted by atomic mass is 16.2. The topological polar surface area (TPSA) is 77.6 Å². The van der Waals surface area contributed by atoms with Crippen molar-refractivity contribution >= 4 is 29.1 Å². The standard InChI is InChI=1S/C27H31N5O2/c1-19-5-8-22(9-6-19)26(33)32-14-4-13-31(15-16-32)25-12-11-24(18-28-25)30-27(34)29-23-10-7-20(2)21(3)17-23/h5-12,17-18H,4,13-16H2,1-3H3,(H2,29,30,34). The van der Waals surface area contributed by atoms with Gasteiger partial charge in [0.1, 0.15) is 5.82 Å². The monoisotopic (exact) mass is 457 g/mol. The molecule has 7 heteroatoms. The molecule has 1 aliphatic rings. The number of amides is 3. The number of aromatic nitrogens is 1. The molecule has 176 valence electrons. The molecule has 7 nitrogen and oxygen atoms in total. The number of pyridine rings is 1. The number of urea groups is 1. The number of carbonyl (C=O) groups excluding carboxylic acids is 2. The van der Waals surface area contributed by atoms with E-state index in [-0.39, 0.29) is 11.9 Å². The van der Waals surface area contributed by atoms with Crippen molar-refractivity contribution in [2.24, 2.45) is 0 Å². The van der Waals surface area contributed by atoms with Gasteiger partial charge in [0.15, 0.2) is 0 Å². The van der Waals surface area contributed by atoms with Crippen LogP contribution in [0.15, 0.2) is 60.8 Å². The number of hydrogen-bond donors (Lipinski definition) is 2. The molecule has 0 unspecified atom stereocenters. The number of hydrogen-bond acceptors (Lipinski definition) is 4. The van der Waals surface area contributed by atoms with E-state index in [9.17, 15) is 9.59 Å². The predicted octanol–water partition coefficient (Wildman–Crippen LogP) is 5.00. The third-order valence-electron chi connectivity index (χ3n) is 6.18. The Balaban J connectivity index is 1.32. The van der Waals surface area contributed by atoms with Gasteiger partial charge < -0.3 is 20.4 Å². The second kappa shape index (κ2) is 10.4. The maximum absolute atomic E-state index is 12.9. The summed E-state index contributed by atoms with van der Waals surface area (Å²) in [5.74, 6) is 0.911. The largest absolute Gasteiger partial charge is 0.355 e. The lowest BCUT2D eigenvalue weighted by molar-refractivity contribution is 0.0767. The van der Waals surface area contributed by atoms with Gasteiger partial charge in [-0.25, -0.2) is 9.78 Å². The number of benzene rings is 2. The van der Waals surface area contributed by atoms with Gasteiger partial charge in [0.25, 0.3) is 5.91 Å². The lowest BCUT2D eigenvalue weighted by atomic mass is 10.1. The van der Waals surface area contributed by atoms with E-state index in [1.54, 1.807) is 6.20 Å². The molecular weight excluding hydrogens is 426 g/mol. The van der Waals surface area contributed by atoms with Crippen LogP contribution in [0.4, 0.5) is 22.0 Å². The first-order valence-corrected chi connectivity index (χ1v) is 11.6. The van der Waals surface area contributed by atoms with Crippen molar-refractivity contribution in [3.63, 3.8) is 0 Å². The summed E-state index contributed by atoms with van der Waals surface area (Å²) in [6.45, 7) is 8.98. The number of anilines is 3. The SMILES string of the molecule is Cc1ccc(C(=O)N2CCCN(c3ccc(NC(=O)Nc4ccc(C)c(C)c4)cn3)CC2)cc1. The quantitative estimate of drug-likeness (QED) is 0.578. The molecule has 0 aliphatic carbocycles. The Hall–Kier alpha value is -3.87. The number of aryl methyl sites for hydroxylation is 3. The lowest BCUT2D eigenvalue weighted by Gasteiger charge is -2.23. The van der Waals surface area contributed by atoms with Crippen molar-refractivity contribution < 1.29 is 9.59 Å². The van der Waals surface area contributed by atoms with Crippen LogP contribution in [0.5, 0.6) is 0 Å². The van der Waals surface area contributed by atoms with Crippen LogP contribution in [-0.2, 0) is 0 Å². The minimum absolute atomic E-state index is 0.0733. The number of carbonyl (C=O) groups is 2. The van der Waals surface area contributed by atoms with Crippen molar-refractivity contribution in [3.8, 4) is 0 Å². The van der Waals surface area contributed by atoms with Crippen molar-refractivity contribution in [1.29, 1.82) is 0 Å². The highest BCUT2D eigenvalue weighted by Crippen LogP contribution is 2.19. The molecule has 1 saturated heterocycles.